The van der Waals surface area contributed by atoms with E-state index in [4.69, 9.17) is 26.6 Å². The van der Waals surface area contributed by atoms with Gasteiger partial charge in [0, 0.05) is 18.0 Å². The molecule has 9 heavy (non-hydrogen) atoms. The van der Waals surface area contributed by atoms with E-state index >= 15 is 0 Å². The summed E-state index contributed by atoms with van der Waals surface area (Å²) in [6.45, 7) is 0.187. The smallest absolute Gasteiger partial charge is 0.390 e. The summed E-state index contributed by atoms with van der Waals surface area (Å²) >= 11 is 14.8. The van der Waals surface area contributed by atoms with Gasteiger partial charge in [0.05, 0.1) is 0 Å². The Morgan fingerprint density at radius 2 is 2.11 bits per heavy atom. The van der Waals surface area contributed by atoms with E-state index in [2.05, 4.69) is 15.9 Å². The lowest BCUT2D eigenvalue weighted by atomic mass is 10.9. The molecule has 0 fully saturated rings. The summed E-state index contributed by atoms with van der Waals surface area (Å²) in [6, 6.07) is 0.740. The molecule has 0 spiro atoms. The molecule has 0 radical (unpaired) electrons. The van der Waals surface area contributed by atoms with Crippen molar-refractivity contribution in [1.82, 2.24) is 0 Å². The topological polar surface area (TPSA) is 9.23 Å². The van der Waals surface area contributed by atoms with E-state index in [9.17, 15) is 0 Å². The summed E-state index contributed by atoms with van der Waals surface area (Å²) in [6.07, 6.45) is 0. The fourth-order valence-electron chi connectivity index (χ4n) is 0.393. The van der Waals surface area contributed by atoms with Crippen LogP contribution in [0.4, 0.5) is 0 Å². The maximum absolute atomic E-state index is 5.79. The second-order valence-corrected chi connectivity index (χ2v) is 8.61. The summed E-state index contributed by atoms with van der Waals surface area (Å²) in [7, 11) is 0. The third-order valence-electron chi connectivity index (χ3n) is 0.741. The maximum atomic E-state index is 5.79. The van der Waals surface area contributed by atoms with E-state index in [0.717, 1.165) is 11.4 Å². The van der Waals surface area contributed by atoms with Crippen molar-refractivity contribution in [3.05, 3.63) is 0 Å². The normalized spacial score (nSPS) is 12.0. The van der Waals surface area contributed by atoms with Crippen LogP contribution in [0.5, 0.6) is 0 Å². The number of alkyl halides is 1. The van der Waals surface area contributed by atoms with Crippen LogP contribution < -0.4 is 0 Å². The second kappa shape index (κ2) is 4.96. The molecule has 0 saturated heterocycles. The summed E-state index contributed by atoms with van der Waals surface area (Å²) in [5, 5.41) is 0.812. The van der Waals surface area contributed by atoms with Crippen molar-refractivity contribution in [3.8, 4) is 0 Å². The van der Waals surface area contributed by atoms with Gasteiger partial charge in [-0.1, -0.05) is 15.9 Å². The minimum atomic E-state index is -2.31. The Bertz CT molecular complexity index is 73.0. The van der Waals surface area contributed by atoms with Gasteiger partial charge < -0.3 is 4.43 Å². The van der Waals surface area contributed by atoms with Gasteiger partial charge in [0.15, 0.2) is 0 Å². The Morgan fingerprint density at radius 1 is 1.56 bits per heavy atom. The quantitative estimate of drug-likeness (QED) is 0.424. The maximum Gasteiger partial charge on any atom is 0.390 e. The molecule has 0 aliphatic carbocycles. The first-order valence-electron chi connectivity index (χ1n) is 2.70. The van der Waals surface area contributed by atoms with Crippen LogP contribution in [0.1, 0.15) is 6.92 Å². The summed E-state index contributed by atoms with van der Waals surface area (Å²) in [4.78, 5) is 0. The number of rotatable bonds is 4. The molecule has 0 rings (SSSR count). The second-order valence-electron chi connectivity index (χ2n) is 1.51. The molecule has 0 aromatic heterocycles. The number of hydrogen-bond acceptors (Lipinski definition) is 1. The molecule has 5 heteroatoms. The molecule has 0 aromatic carbocycles. The highest BCUT2D eigenvalue weighted by Gasteiger charge is 2.28. The Hall–Kier alpha value is 1.24. The third-order valence-corrected chi connectivity index (χ3v) is 5.20. The van der Waals surface area contributed by atoms with Gasteiger partial charge in [0.25, 0.3) is 0 Å². The molecule has 0 N–H and O–H groups in total. The zero-order valence-corrected chi connectivity index (χ0v) is 9.26. The van der Waals surface area contributed by atoms with E-state index in [-0.39, 0.29) is 0 Å². The van der Waals surface area contributed by atoms with Gasteiger partial charge in [0.2, 0.25) is 0 Å². The minimum Gasteiger partial charge on any atom is -0.393 e. The average molecular weight is 252 g/mol. The Morgan fingerprint density at radius 3 is 2.44 bits per heavy atom. The lowest BCUT2D eigenvalue weighted by Gasteiger charge is -2.13. The van der Waals surface area contributed by atoms with E-state index in [1.807, 2.05) is 6.92 Å². The largest absolute Gasteiger partial charge is 0.393 e. The van der Waals surface area contributed by atoms with Gasteiger partial charge in [-0.25, -0.2) is 0 Å². The summed E-state index contributed by atoms with van der Waals surface area (Å²) in [5.74, 6) is 0. The van der Waals surface area contributed by atoms with Crippen LogP contribution in [0, 0.1) is 0 Å². The molecule has 0 saturated carbocycles. The van der Waals surface area contributed by atoms with Crippen molar-refractivity contribution in [1.29, 1.82) is 0 Å². The van der Waals surface area contributed by atoms with Crippen molar-refractivity contribution in [2.75, 3.05) is 11.9 Å². The SMILES string of the molecule is CCO[Si](Cl)(Cl)CCBr. The third kappa shape index (κ3) is 5.67. The zero-order chi connectivity index (χ0) is 7.33. The van der Waals surface area contributed by atoms with E-state index in [1.54, 1.807) is 0 Å². The Kier molecular flexibility index (Phi) is 5.65. The predicted molar refractivity (Wildman–Crippen MR) is 47.7 cm³/mol. The minimum absolute atomic E-state index is 0.603. The van der Waals surface area contributed by atoms with Crippen LogP contribution >= 0.6 is 38.1 Å². The van der Waals surface area contributed by atoms with Gasteiger partial charge in [-0.15, -0.1) is 22.2 Å². The molecule has 0 amide bonds. The molecule has 0 bridgehead atoms. The number of halogens is 3. The zero-order valence-electron chi connectivity index (χ0n) is 5.16. The lowest BCUT2D eigenvalue weighted by Crippen LogP contribution is -2.24. The van der Waals surface area contributed by atoms with Crippen molar-refractivity contribution >= 4 is 45.0 Å². The monoisotopic (exact) mass is 250 g/mol. The Balaban J connectivity index is 3.43. The highest BCUT2D eigenvalue weighted by molar-refractivity contribution is 9.09. The van der Waals surface area contributed by atoms with Crippen molar-refractivity contribution in [2.45, 2.75) is 13.0 Å². The molecular weight excluding hydrogens is 243 g/mol. The molecular formula is C4H9BrCl2OSi. The first-order valence-corrected chi connectivity index (χ1v) is 7.96. The van der Waals surface area contributed by atoms with Crippen LogP contribution in [-0.4, -0.2) is 18.9 Å². The number of hydrogen-bond donors (Lipinski definition) is 0. The van der Waals surface area contributed by atoms with Gasteiger partial charge in [-0.2, -0.15) is 0 Å². The predicted octanol–water partition coefficient (Wildman–Crippen LogP) is 2.83. The van der Waals surface area contributed by atoms with E-state index in [1.165, 1.54) is 0 Å². The molecule has 0 unspecified atom stereocenters. The van der Waals surface area contributed by atoms with Crippen LogP contribution in [0.15, 0.2) is 0 Å². The molecule has 0 aromatic rings. The first-order chi connectivity index (χ1) is 4.12. The summed E-state index contributed by atoms with van der Waals surface area (Å²) in [5.41, 5.74) is 0. The van der Waals surface area contributed by atoms with Crippen LogP contribution in [0.2, 0.25) is 6.04 Å². The molecule has 0 aliphatic heterocycles. The van der Waals surface area contributed by atoms with E-state index in [0.29, 0.717) is 6.61 Å². The fourth-order valence-corrected chi connectivity index (χ4v) is 5.45. The van der Waals surface area contributed by atoms with Crippen molar-refractivity contribution in [2.24, 2.45) is 0 Å². The lowest BCUT2D eigenvalue weighted by molar-refractivity contribution is 0.349. The highest BCUT2D eigenvalue weighted by Crippen LogP contribution is 2.22. The van der Waals surface area contributed by atoms with Crippen LogP contribution in [0.25, 0.3) is 0 Å². The standard InChI is InChI=1S/C4H9BrCl2OSi/c1-2-8-9(6,7)4-3-5/h2-4H2,1H3. The molecule has 0 aliphatic rings. The van der Waals surface area contributed by atoms with Gasteiger partial charge >= 0.3 is 6.94 Å². The van der Waals surface area contributed by atoms with Gasteiger partial charge in [-0.3, -0.25) is 0 Å². The molecule has 0 heterocycles. The molecule has 56 valence electrons. The highest BCUT2D eigenvalue weighted by atomic mass is 79.9. The molecule has 1 nitrogen and oxygen atoms in total. The van der Waals surface area contributed by atoms with Crippen molar-refractivity contribution < 1.29 is 4.43 Å². The van der Waals surface area contributed by atoms with Crippen molar-refractivity contribution in [3.63, 3.8) is 0 Å². The average Bonchev–Trinajstić information content (AvgIpc) is 1.64. The summed E-state index contributed by atoms with van der Waals surface area (Å²) < 4.78 is 5.11. The fraction of sp³-hybridized carbons (Fsp3) is 1.00. The van der Waals surface area contributed by atoms with Gasteiger partial charge in [-0.05, 0) is 6.92 Å². The van der Waals surface area contributed by atoms with Gasteiger partial charge in [0.1, 0.15) is 0 Å². The Labute approximate surface area is 74.3 Å². The molecule has 0 atom stereocenters. The first kappa shape index (κ1) is 10.2. The van der Waals surface area contributed by atoms with Crippen LogP contribution in [-0.2, 0) is 4.43 Å². The van der Waals surface area contributed by atoms with E-state index < -0.39 is 6.94 Å². The van der Waals surface area contributed by atoms with Crippen LogP contribution in [0.3, 0.4) is 0 Å².